The third kappa shape index (κ3) is 3.74. The van der Waals surface area contributed by atoms with Gasteiger partial charge in [0.2, 0.25) is 11.8 Å². The molecule has 2 N–H and O–H groups in total. The van der Waals surface area contributed by atoms with Gasteiger partial charge in [-0.25, -0.2) is 4.98 Å². The summed E-state index contributed by atoms with van der Waals surface area (Å²) < 4.78 is 0. The zero-order valence-corrected chi connectivity index (χ0v) is 12.7. The van der Waals surface area contributed by atoms with Gasteiger partial charge in [0.05, 0.1) is 13.0 Å². The standard InChI is InChI=1S/C16H19N5O2/c22-15(9-12-5-2-1-3-6-12)21-8-4-7-13(21)16(23)17-10-14-18-11-19-20-14/h1-3,5-6,11,13H,4,7-10H2,(H,17,23)(H,18,19,20). The number of rotatable bonds is 5. The Balaban J connectivity index is 1.58. The number of nitrogens with zero attached hydrogens (tertiary/aromatic N) is 3. The van der Waals surface area contributed by atoms with Crippen molar-refractivity contribution in [3.63, 3.8) is 0 Å². The predicted molar refractivity (Wildman–Crippen MR) is 83.1 cm³/mol. The van der Waals surface area contributed by atoms with Crippen LogP contribution in [0.5, 0.6) is 0 Å². The van der Waals surface area contributed by atoms with Crippen molar-refractivity contribution < 1.29 is 9.59 Å². The van der Waals surface area contributed by atoms with E-state index in [1.165, 1.54) is 6.33 Å². The molecule has 0 spiro atoms. The topological polar surface area (TPSA) is 91.0 Å². The molecule has 1 saturated heterocycles. The first-order valence-electron chi connectivity index (χ1n) is 7.69. The molecule has 2 amide bonds. The van der Waals surface area contributed by atoms with Gasteiger partial charge < -0.3 is 10.2 Å². The van der Waals surface area contributed by atoms with Crippen LogP contribution in [0.25, 0.3) is 0 Å². The zero-order valence-electron chi connectivity index (χ0n) is 12.7. The Kier molecular flexibility index (Phi) is 4.65. The monoisotopic (exact) mass is 313 g/mol. The lowest BCUT2D eigenvalue weighted by molar-refractivity contribution is -0.138. The molecule has 2 heterocycles. The maximum atomic E-state index is 12.5. The molecule has 1 aliphatic heterocycles. The first-order chi connectivity index (χ1) is 11.2. The molecule has 1 atom stereocenters. The highest BCUT2D eigenvalue weighted by molar-refractivity contribution is 5.89. The van der Waals surface area contributed by atoms with Crippen LogP contribution in [0.15, 0.2) is 36.7 Å². The molecule has 1 aromatic carbocycles. The minimum Gasteiger partial charge on any atom is -0.347 e. The van der Waals surface area contributed by atoms with Crippen molar-refractivity contribution in [2.24, 2.45) is 0 Å². The van der Waals surface area contributed by atoms with Crippen molar-refractivity contribution in [3.05, 3.63) is 48.0 Å². The largest absolute Gasteiger partial charge is 0.347 e. The van der Waals surface area contributed by atoms with Crippen molar-refractivity contribution in [1.29, 1.82) is 0 Å². The molecule has 0 aliphatic carbocycles. The van der Waals surface area contributed by atoms with Gasteiger partial charge in [0, 0.05) is 6.54 Å². The highest BCUT2D eigenvalue weighted by Gasteiger charge is 2.33. The third-order valence-electron chi connectivity index (χ3n) is 3.97. The highest BCUT2D eigenvalue weighted by atomic mass is 16.2. The lowest BCUT2D eigenvalue weighted by atomic mass is 10.1. The number of H-pyrrole nitrogens is 1. The summed E-state index contributed by atoms with van der Waals surface area (Å²) in [6, 6.07) is 9.19. The summed E-state index contributed by atoms with van der Waals surface area (Å²) >= 11 is 0. The molecule has 1 unspecified atom stereocenters. The van der Waals surface area contributed by atoms with E-state index in [0.29, 0.717) is 25.2 Å². The van der Waals surface area contributed by atoms with Crippen LogP contribution in [0.4, 0.5) is 0 Å². The molecule has 0 saturated carbocycles. The van der Waals surface area contributed by atoms with Gasteiger partial charge in [-0.2, -0.15) is 5.10 Å². The Morgan fingerprint density at radius 3 is 2.87 bits per heavy atom. The van der Waals surface area contributed by atoms with Crippen LogP contribution in [0, 0.1) is 0 Å². The highest BCUT2D eigenvalue weighted by Crippen LogP contribution is 2.19. The molecule has 7 nitrogen and oxygen atoms in total. The van der Waals surface area contributed by atoms with Crippen LogP contribution in [-0.4, -0.2) is 44.5 Å². The predicted octanol–water partition coefficient (Wildman–Crippen LogP) is 0.655. The van der Waals surface area contributed by atoms with E-state index >= 15 is 0 Å². The van der Waals surface area contributed by atoms with Crippen molar-refractivity contribution in [1.82, 2.24) is 25.4 Å². The summed E-state index contributed by atoms with van der Waals surface area (Å²) in [5.74, 6) is 0.451. The van der Waals surface area contributed by atoms with E-state index in [9.17, 15) is 9.59 Å². The van der Waals surface area contributed by atoms with Crippen LogP contribution in [-0.2, 0) is 22.6 Å². The first kappa shape index (κ1) is 15.2. The lowest BCUT2D eigenvalue weighted by Gasteiger charge is -2.24. The van der Waals surface area contributed by atoms with E-state index < -0.39 is 6.04 Å². The number of aromatic nitrogens is 3. The van der Waals surface area contributed by atoms with E-state index in [0.717, 1.165) is 12.0 Å². The first-order valence-corrected chi connectivity index (χ1v) is 7.69. The molecular weight excluding hydrogens is 294 g/mol. The molecular formula is C16H19N5O2. The summed E-state index contributed by atoms with van der Waals surface area (Å²) in [7, 11) is 0. The number of hydrogen-bond donors (Lipinski definition) is 2. The van der Waals surface area contributed by atoms with Gasteiger partial charge in [-0.05, 0) is 18.4 Å². The van der Waals surface area contributed by atoms with Crippen molar-refractivity contribution in [2.45, 2.75) is 31.8 Å². The van der Waals surface area contributed by atoms with Crippen molar-refractivity contribution >= 4 is 11.8 Å². The van der Waals surface area contributed by atoms with Crippen LogP contribution in [0.1, 0.15) is 24.2 Å². The Hall–Kier alpha value is -2.70. The second-order valence-corrected chi connectivity index (χ2v) is 5.56. The fourth-order valence-corrected chi connectivity index (χ4v) is 2.81. The van der Waals surface area contributed by atoms with Gasteiger partial charge in [-0.1, -0.05) is 30.3 Å². The molecule has 1 fully saturated rings. The van der Waals surface area contributed by atoms with Gasteiger partial charge in [0.25, 0.3) is 0 Å². The van der Waals surface area contributed by atoms with Crippen LogP contribution >= 0.6 is 0 Å². The second-order valence-electron chi connectivity index (χ2n) is 5.56. The Bertz CT molecular complexity index is 656. The molecule has 23 heavy (non-hydrogen) atoms. The summed E-state index contributed by atoms with van der Waals surface area (Å²) in [4.78, 5) is 30.5. The average Bonchev–Trinajstić information content (AvgIpc) is 3.25. The zero-order chi connectivity index (χ0) is 16.1. The van der Waals surface area contributed by atoms with Crippen molar-refractivity contribution in [2.75, 3.05) is 6.54 Å². The van der Waals surface area contributed by atoms with E-state index in [1.807, 2.05) is 30.3 Å². The number of aromatic amines is 1. The number of amides is 2. The van der Waals surface area contributed by atoms with Gasteiger partial charge in [0.1, 0.15) is 18.2 Å². The van der Waals surface area contributed by atoms with Gasteiger partial charge >= 0.3 is 0 Å². The molecule has 1 aliphatic rings. The molecule has 0 radical (unpaired) electrons. The Morgan fingerprint density at radius 1 is 1.30 bits per heavy atom. The number of carbonyl (C=O) groups is 2. The maximum Gasteiger partial charge on any atom is 0.243 e. The number of nitrogens with one attached hydrogen (secondary N) is 2. The smallest absolute Gasteiger partial charge is 0.243 e. The number of hydrogen-bond acceptors (Lipinski definition) is 4. The van der Waals surface area contributed by atoms with E-state index in [-0.39, 0.29) is 18.4 Å². The minimum absolute atomic E-state index is 0.00600. The Labute approximate surface area is 134 Å². The van der Waals surface area contributed by atoms with Crippen LogP contribution in [0.3, 0.4) is 0 Å². The van der Waals surface area contributed by atoms with Gasteiger partial charge in [-0.3, -0.25) is 14.7 Å². The summed E-state index contributed by atoms with van der Waals surface area (Å²) in [6.07, 6.45) is 3.27. The molecule has 1 aromatic heterocycles. The third-order valence-corrected chi connectivity index (χ3v) is 3.97. The number of carbonyl (C=O) groups excluding carboxylic acids is 2. The van der Waals surface area contributed by atoms with Gasteiger partial charge in [-0.15, -0.1) is 0 Å². The molecule has 2 aromatic rings. The normalized spacial score (nSPS) is 17.2. The summed E-state index contributed by atoms with van der Waals surface area (Å²) in [5, 5.41) is 9.24. The van der Waals surface area contributed by atoms with Crippen LogP contribution in [0.2, 0.25) is 0 Å². The molecule has 3 rings (SSSR count). The molecule has 0 bridgehead atoms. The number of benzene rings is 1. The van der Waals surface area contributed by atoms with E-state index in [2.05, 4.69) is 20.5 Å². The summed E-state index contributed by atoms with van der Waals surface area (Å²) in [5.41, 5.74) is 0.963. The van der Waals surface area contributed by atoms with E-state index in [1.54, 1.807) is 4.90 Å². The minimum atomic E-state index is -0.394. The number of likely N-dealkylation sites (tertiary alicyclic amines) is 1. The van der Waals surface area contributed by atoms with E-state index in [4.69, 9.17) is 0 Å². The van der Waals surface area contributed by atoms with Gasteiger partial charge in [0.15, 0.2) is 0 Å². The average molecular weight is 313 g/mol. The maximum absolute atomic E-state index is 12.5. The van der Waals surface area contributed by atoms with Crippen LogP contribution < -0.4 is 5.32 Å². The fourth-order valence-electron chi connectivity index (χ4n) is 2.81. The van der Waals surface area contributed by atoms with Crippen molar-refractivity contribution in [3.8, 4) is 0 Å². The molecule has 120 valence electrons. The SMILES string of the molecule is O=C(NCc1ncn[nH]1)C1CCCN1C(=O)Cc1ccccc1. The summed E-state index contributed by atoms with van der Waals surface area (Å²) in [6.45, 7) is 0.919. The lowest BCUT2D eigenvalue weighted by Crippen LogP contribution is -2.46. The molecule has 7 heteroatoms. The fraction of sp³-hybridized carbons (Fsp3) is 0.375. The quantitative estimate of drug-likeness (QED) is 0.848. The second kappa shape index (κ2) is 7.04. The Morgan fingerprint density at radius 2 is 2.13 bits per heavy atom.